The normalized spacial score (nSPS) is 20.6. The molecular weight excluding hydrogens is 282 g/mol. The number of rotatable bonds is 8. The van der Waals surface area contributed by atoms with Crippen molar-refractivity contribution in [3.05, 3.63) is 0 Å². The molecule has 1 saturated heterocycles. The summed E-state index contributed by atoms with van der Waals surface area (Å²) in [5.74, 6) is 1.41. The summed E-state index contributed by atoms with van der Waals surface area (Å²) >= 11 is 1.65. The molecule has 0 aromatic rings. The zero-order chi connectivity index (χ0) is 14.3. The van der Waals surface area contributed by atoms with Crippen LogP contribution in [0, 0.1) is 5.92 Å². The molecule has 0 spiro atoms. The van der Waals surface area contributed by atoms with Crippen LogP contribution < -0.4 is 10.0 Å². The Bertz CT molecular complexity index is 341. The lowest BCUT2D eigenvalue weighted by molar-refractivity contribution is 0.265. The van der Waals surface area contributed by atoms with Crippen LogP contribution in [0.1, 0.15) is 26.7 Å². The molecule has 1 rings (SSSR count). The number of hydrogen-bond acceptors (Lipinski definition) is 4. The highest BCUT2D eigenvalue weighted by Crippen LogP contribution is 2.18. The van der Waals surface area contributed by atoms with Gasteiger partial charge in [0.2, 0.25) is 0 Å². The van der Waals surface area contributed by atoms with Gasteiger partial charge in [-0.05, 0) is 45.0 Å². The minimum absolute atomic E-state index is 0.0144. The van der Waals surface area contributed by atoms with Crippen molar-refractivity contribution in [2.75, 3.05) is 38.2 Å². The van der Waals surface area contributed by atoms with Crippen LogP contribution in [-0.2, 0) is 10.2 Å². The van der Waals surface area contributed by atoms with Gasteiger partial charge in [0.15, 0.2) is 0 Å². The topological polar surface area (TPSA) is 61.4 Å². The maximum absolute atomic E-state index is 12.2. The van der Waals surface area contributed by atoms with Crippen LogP contribution in [-0.4, -0.2) is 57.0 Å². The first kappa shape index (κ1) is 17.2. The van der Waals surface area contributed by atoms with Crippen molar-refractivity contribution in [2.24, 2.45) is 5.92 Å². The van der Waals surface area contributed by atoms with E-state index in [1.165, 1.54) is 0 Å². The summed E-state index contributed by atoms with van der Waals surface area (Å²) in [6.45, 7) is 7.25. The van der Waals surface area contributed by atoms with E-state index in [2.05, 4.69) is 17.0 Å². The molecule has 1 fully saturated rings. The summed E-state index contributed by atoms with van der Waals surface area (Å²) < 4.78 is 28.7. The molecule has 0 amide bonds. The molecule has 0 aromatic heterocycles. The lowest BCUT2D eigenvalue weighted by atomic mass is 9.98. The van der Waals surface area contributed by atoms with Crippen molar-refractivity contribution in [1.29, 1.82) is 0 Å². The molecule has 1 heterocycles. The number of nitrogens with one attached hydrogen (secondary N) is 2. The molecule has 2 N–H and O–H groups in total. The van der Waals surface area contributed by atoms with Crippen LogP contribution in [0.25, 0.3) is 0 Å². The van der Waals surface area contributed by atoms with Gasteiger partial charge in [-0.1, -0.05) is 6.92 Å². The first-order valence-electron chi connectivity index (χ1n) is 6.96. The molecule has 19 heavy (non-hydrogen) atoms. The van der Waals surface area contributed by atoms with Gasteiger partial charge in [0.1, 0.15) is 0 Å². The van der Waals surface area contributed by atoms with Gasteiger partial charge >= 0.3 is 0 Å². The van der Waals surface area contributed by atoms with E-state index >= 15 is 0 Å². The summed E-state index contributed by atoms with van der Waals surface area (Å²) in [4.78, 5) is 0. The zero-order valence-corrected chi connectivity index (χ0v) is 13.8. The van der Waals surface area contributed by atoms with E-state index in [0.717, 1.165) is 31.7 Å². The minimum atomic E-state index is -3.30. The van der Waals surface area contributed by atoms with Crippen molar-refractivity contribution in [1.82, 2.24) is 14.3 Å². The second-order valence-corrected chi connectivity index (χ2v) is 7.74. The van der Waals surface area contributed by atoms with E-state index < -0.39 is 10.2 Å². The van der Waals surface area contributed by atoms with Crippen molar-refractivity contribution in [3.63, 3.8) is 0 Å². The molecule has 5 nitrogen and oxygen atoms in total. The van der Waals surface area contributed by atoms with Gasteiger partial charge < -0.3 is 5.32 Å². The van der Waals surface area contributed by atoms with Crippen LogP contribution in [0.4, 0.5) is 0 Å². The van der Waals surface area contributed by atoms with Crippen molar-refractivity contribution in [2.45, 2.75) is 32.7 Å². The molecule has 0 bridgehead atoms. The largest absolute Gasteiger partial charge is 0.317 e. The Kier molecular flexibility index (Phi) is 7.68. The van der Waals surface area contributed by atoms with E-state index in [4.69, 9.17) is 0 Å². The summed E-state index contributed by atoms with van der Waals surface area (Å²) in [5, 5.41) is 3.33. The van der Waals surface area contributed by atoms with Gasteiger partial charge in [-0.3, -0.25) is 0 Å². The maximum Gasteiger partial charge on any atom is 0.279 e. The average Bonchev–Trinajstić information content (AvgIpc) is 2.36. The Morgan fingerprint density at radius 2 is 2.00 bits per heavy atom. The van der Waals surface area contributed by atoms with Crippen LogP contribution in [0.15, 0.2) is 0 Å². The molecule has 7 heteroatoms. The molecule has 1 atom stereocenters. The smallest absolute Gasteiger partial charge is 0.279 e. The van der Waals surface area contributed by atoms with E-state index in [9.17, 15) is 8.42 Å². The summed E-state index contributed by atoms with van der Waals surface area (Å²) in [7, 11) is -3.30. The highest BCUT2D eigenvalue weighted by Gasteiger charge is 2.28. The van der Waals surface area contributed by atoms with Gasteiger partial charge in [0, 0.05) is 24.9 Å². The predicted molar refractivity (Wildman–Crippen MR) is 82.7 cm³/mol. The third-order valence-electron chi connectivity index (χ3n) is 3.36. The number of piperidine rings is 1. The van der Waals surface area contributed by atoms with Gasteiger partial charge in [-0.2, -0.15) is 29.2 Å². The second kappa shape index (κ2) is 8.46. The molecule has 0 aromatic carbocycles. The van der Waals surface area contributed by atoms with Crippen molar-refractivity contribution >= 4 is 22.0 Å². The lowest BCUT2D eigenvalue weighted by Gasteiger charge is -2.32. The van der Waals surface area contributed by atoms with Gasteiger partial charge in [-0.15, -0.1) is 0 Å². The fraction of sp³-hybridized carbons (Fsp3) is 1.00. The standard InChI is InChI=1S/C12H27N3O2S2/c1-4-13-9-12-5-7-15(8-6-12)19(16,17)14-11(2)10-18-3/h11-14H,4-10H2,1-3H3. The average molecular weight is 310 g/mol. The Morgan fingerprint density at radius 1 is 1.37 bits per heavy atom. The van der Waals surface area contributed by atoms with Crippen molar-refractivity contribution in [3.8, 4) is 0 Å². The minimum Gasteiger partial charge on any atom is -0.317 e. The Balaban J connectivity index is 2.40. The van der Waals surface area contributed by atoms with Crippen molar-refractivity contribution < 1.29 is 8.42 Å². The van der Waals surface area contributed by atoms with Crippen LogP contribution in [0.3, 0.4) is 0 Å². The predicted octanol–water partition coefficient (Wildman–Crippen LogP) is 0.894. The summed E-state index contributed by atoms with van der Waals surface area (Å²) in [5.41, 5.74) is 0. The van der Waals surface area contributed by atoms with E-state index in [-0.39, 0.29) is 6.04 Å². The quantitative estimate of drug-likeness (QED) is 0.699. The monoisotopic (exact) mass is 309 g/mol. The Morgan fingerprint density at radius 3 is 2.53 bits per heavy atom. The third kappa shape index (κ3) is 5.99. The zero-order valence-electron chi connectivity index (χ0n) is 12.2. The van der Waals surface area contributed by atoms with Crippen LogP contribution in [0.5, 0.6) is 0 Å². The van der Waals surface area contributed by atoms with E-state index in [1.807, 2.05) is 13.2 Å². The first-order valence-corrected chi connectivity index (χ1v) is 9.80. The number of hydrogen-bond donors (Lipinski definition) is 2. The fourth-order valence-corrected chi connectivity index (χ4v) is 4.44. The lowest BCUT2D eigenvalue weighted by Crippen LogP contribution is -2.48. The Labute approximate surface area is 122 Å². The van der Waals surface area contributed by atoms with Crippen LogP contribution >= 0.6 is 11.8 Å². The molecule has 1 aliphatic heterocycles. The highest BCUT2D eigenvalue weighted by atomic mass is 32.2. The molecular formula is C12H27N3O2S2. The number of nitrogens with zero attached hydrogens (tertiary/aromatic N) is 1. The summed E-state index contributed by atoms with van der Waals surface area (Å²) in [6.07, 6.45) is 3.88. The van der Waals surface area contributed by atoms with E-state index in [1.54, 1.807) is 16.1 Å². The summed E-state index contributed by atoms with van der Waals surface area (Å²) in [6, 6.07) is -0.0144. The van der Waals surface area contributed by atoms with Gasteiger partial charge in [-0.25, -0.2) is 0 Å². The molecule has 0 saturated carbocycles. The van der Waals surface area contributed by atoms with Gasteiger partial charge in [0.25, 0.3) is 10.2 Å². The number of thioether (sulfide) groups is 1. The van der Waals surface area contributed by atoms with Gasteiger partial charge in [0.05, 0.1) is 0 Å². The SMILES string of the molecule is CCNCC1CCN(S(=O)(=O)NC(C)CSC)CC1. The van der Waals surface area contributed by atoms with Crippen LogP contribution in [0.2, 0.25) is 0 Å². The Hall–Kier alpha value is 0.180. The third-order valence-corrected chi connectivity index (χ3v) is 5.94. The van der Waals surface area contributed by atoms with E-state index in [0.29, 0.717) is 19.0 Å². The molecule has 1 unspecified atom stereocenters. The fourth-order valence-electron chi connectivity index (χ4n) is 2.32. The molecule has 1 aliphatic rings. The highest BCUT2D eigenvalue weighted by molar-refractivity contribution is 7.98. The molecule has 0 radical (unpaired) electrons. The molecule has 0 aliphatic carbocycles. The maximum atomic E-state index is 12.2. The second-order valence-electron chi connectivity index (χ2n) is 5.13. The first-order chi connectivity index (χ1) is 8.99. The molecule has 114 valence electrons.